The van der Waals surface area contributed by atoms with Gasteiger partial charge in [0.15, 0.2) is 0 Å². The Morgan fingerprint density at radius 1 is 1.56 bits per heavy atom. The van der Waals surface area contributed by atoms with Crippen LogP contribution in [0.1, 0.15) is 35.1 Å². The highest BCUT2D eigenvalue weighted by molar-refractivity contribution is 7.12. The zero-order valence-corrected chi connectivity index (χ0v) is 11.6. The molecule has 0 spiro atoms. The van der Waals surface area contributed by atoms with Gasteiger partial charge in [-0.2, -0.15) is 0 Å². The molecule has 1 aromatic rings. The van der Waals surface area contributed by atoms with Crippen molar-refractivity contribution in [2.75, 3.05) is 6.54 Å². The fraction of sp³-hybridized carbons (Fsp3) is 0.643. The van der Waals surface area contributed by atoms with Crippen LogP contribution in [0.15, 0.2) is 6.07 Å². The Bertz CT molecular complexity index is 433. The summed E-state index contributed by atoms with van der Waals surface area (Å²) in [5.41, 5.74) is 1.51. The summed E-state index contributed by atoms with van der Waals surface area (Å²) in [6.07, 6.45) is 4.86. The van der Waals surface area contributed by atoms with Gasteiger partial charge in [-0.1, -0.05) is 6.92 Å². The highest BCUT2D eigenvalue weighted by atomic mass is 32.1. The number of fused-ring (bicyclic) bond motifs is 1. The molecule has 2 N–H and O–H groups in total. The summed E-state index contributed by atoms with van der Waals surface area (Å²) in [6.45, 7) is 3.80. The van der Waals surface area contributed by atoms with Gasteiger partial charge in [-0.05, 0) is 49.8 Å². The van der Waals surface area contributed by atoms with Crippen LogP contribution in [-0.2, 0) is 24.2 Å². The summed E-state index contributed by atoms with van der Waals surface area (Å²) in [5, 5.41) is 6.34. The van der Waals surface area contributed by atoms with Gasteiger partial charge in [-0.3, -0.25) is 4.79 Å². The highest BCUT2D eigenvalue weighted by Gasteiger charge is 2.29. The van der Waals surface area contributed by atoms with Crippen molar-refractivity contribution >= 4 is 17.2 Å². The van der Waals surface area contributed by atoms with E-state index in [0.29, 0.717) is 12.5 Å². The highest BCUT2D eigenvalue weighted by Crippen LogP contribution is 2.30. The van der Waals surface area contributed by atoms with Gasteiger partial charge >= 0.3 is 0 Å². The van der Waals surface area contributed by atoms with Gasteiger partial charge in [0.2, 0.25) is 5.91 Å². The van der Waals surface area contributed by atoms with Crippen molar-refractivity contribution in [3.63, 3.8) is 0 Å². The molecule has 18 heavy (non-hydrogen) atoms. The maximum Gasteiger partial charge on any atom is 0.237 e. The Balaban J connectivity index is 1.55. The number of nitrogens with one attached hydrogen (secondary N) is 2. The van der Waals surface area contributed by atoms with E-state index in [2.05, 4.69) is 23.6 Å². The summed E-state index contributed by atoms with van der Waals surface area (Å²) >= 11 is 1.87. The van der Waals surface area contributed by atoms with Crippen LogP contribution in [0.5, 0.6) is 0 Å². The minimum absolute atomic E-state index is 0.0109. The lowest BCUT2D eigenvalue weighted by Crippen LogP contribution is -2.42. The molecule has 1 aliphatic carbocycles. The average Bonchev–Trinajstić information content (AvgIpc) is 3.00. The molecule has 1 aliphatic heterocycles. The molecule has 2 atom stereocenters. The number of thiophene rings is 1. The van der Waals surface area contributed by atoms with E-state index < -0.39 is 0 Å². The summed E-state index contributed by atoms with van der Waals surface area (Å²) in [4.78, 5) is 14.9. The second-order valence-electron chi connectivity index (χ2n) is 5.43. The van der Waals surface area contributed by atoms with Gasteiger partial charge in [0.05, 0.1) is 12.6 Å². The second kappa shape index (κ2) is 5.02. The first-order valence-corrected chi connectivity index (χ1v) is 7.67. The van der Waals surface area contributed by atoms with Gasteiger partial charge in [0, 0.05) is 9.75 Å². The van der Waals surface area contributed by atoms with Gasteiger partial charge in [0.25, 0.3) is 0 Å². The second-order valence-corrected chi connectivity index (χ2v) is 6.65. The molecule has 2 heterocycles. The van der Waals surface area contributed by atoms with Crippen LogP contribution < -0.4 is 10.6 Å². The van der Waals surface area contributed by atoms with Crippen LogP contribution in [0.25, 0.3) is 0 Å². The monoisotopic (exact) mass is 264 g/mol. The molecule has 1 fully saturated rings. The summed E-state index contributed by atoms with van der Waals surface area (Å²) in [5.74, 6) is 0.618. The smallest absolute Gasteiger partial charge is 0.237 e. The first-order valence-electron chi connectivity index (χ1n) is 6.85. The van der Waals surface area contributed by atoms with Crippen LogP contribution in [-0.4, -0.2) is 18.5 Å². The van der Waals surface area contributed by atoms with E-state index >= 15 is 0 Å². The minimum atomic E-state index is 0.0109. The van der Waals surface area contributed by atoms with E-state index in [1.807, 2.05) is 11.3 Å². The number of hydrogen-bond acceptors (Lipinski definition) is 3. The Morgan fingerprint density at radius 2 is 2.44 bits per heavy atom. The molecule has 1 saturated heterocycles. The van der Waals surface area contributed by atoms with E-state index in [9.17, 15) is 4.79 Å². The topological polar surface area (TPSA) is 41.1 Å². The van der Waals surface area contributed by atoms with E-state index in [1.54, 1.807) is 0 Å². The zero-order valence-electron chi connectivity index (χ0n) is 10.8. The molecule has 0 bridgehead atoms. The Morgan fingerprint density at radius 3 is 3.17 bits per heavy atom. The van der Waals surface area contributed by atoms with Crippen molar-refractivity contribution in [2.45, 2.75) is 45.2 Å². The molecule has 0 saturated carbocycles. The van der Waals surface area contributed by atoms with Crippen LogP contribution in [0, 0.1) is 5.92 Å². The normalized spacial score (nSPS) is 26.3. The summed E-state index contributed by atoms with van der Waals surface area (Å²) < 4.78 is 0. The van der Waals surface area contributed by atoms with Crippen molar-refractivity contribution in [3.05, 3.63) is 21.4 Å². The predicted molar refractivity (Wildman–Crippen MR) is 73.8 cm³/mol. The maximum atomic E-state index is 12.0. The lowest BCUT2D eigenvalue weighted by molar-refractivity contribution is -0.123. The quantitative estimate of drug-likeness (QED) is 0.875. The van der Waals surface area contributed by atoms with Crippen molar-refractivity contribution in [2.24, 2.45) is 5.92 Å². The number of carbonyl (C=O) groups excluding carboxylic acids is 1. The number of aryl methyl sites for hydroxylation is 2. The van der Waals surface area contributed by atoms with Gasteiger partial charge < -0.3 is 10.6 Å². The lowest BCUT2D eigenvalue weighted by atomic mass is 10.0. The third kappa shape index (κ3) is 2.31. The molecule has 3 nitrogen and oxygen atoms in total. The molecular weight excluding hydrogens is 244 g/mol. The van der Waals surface area contributed by atoms with E-state index in [0.717, 1.165) is 13.0 Å². The fourth-order valence-electron chi connectivity index (χ4n) is 2.95. The Labute approximate surface area is 112 Å². The summed E-state index contributed by atoms with van der Waals surface area (Å²) in [6, 6.07) is 2.29. The standard InChI is InChI=1S/C14H20N2OS/c1-9-5-6-15-13(9)14(17)16-8-11-7-10-3-2-4-12(10)18-11/h7,9,13,15H,2-6,8H2,1H3,(H,16,17). The molecule has 0 aromatic carbocycles. The van der Waals surface area contributed by atoms with Crippen LogP contribution >= 0.6 is 11.3 Å². The van der Waals surface area contributed by atoms with Crippen molar-refractivity contribution in [1.82, 2.24) is 10.6 Å². The maximum absolute atomic E-state index is 12.0. The molecular formula is C14H20N2OS. The molecule has 2 unspecified atom stereocenters. The number of carbonyl (C=O) groups is 1. The minimum Gasteiger partial charge on any atom is -0.350 e. The Hall–Kier alpha value is -0.870. The molecule has 1 amide bonds. The average molecular weight is 264 g/mol. The van der Waals surface area contributed by atoms with Gasteiger partial charge in [-0.25, -0.2) is 0 Å². The van der Waals surface area contributed by atoms with E-state index in [4.69, 9.17) is 0 Å². The zero-order chi connectivity index (χ0) is 12.5. The van der Waals surface area contributed by atoms with Crippen molar-refractivity contribution < 1.29 is 4.79 Å². The lowest BCUT2D eigenvalue weighted by Gasteiger charge is -2.14. The van der Waals surface area contributed by atoms with Crippen LogP contribution in [0.2, 0.25) is 0 Å². The van der Waals surface area contributed by atoms with Crippen LogP contribution in [0.3, 0.4) is 0 Å². The first-order chi connectivity index (χ1) is 8.74. The van der Waals surface area contributed by atoms with E-state index in [-0.39, 0.29) is 11.9 Å². The Kier molecular flexibility index (Phi) is 3.39. The predicted octanol–water partition coefficient (Wildman–Crippen LogP) is 1.85. The summed E-state index contributed by atoms with van der Waals surface area (Å²) in [7, 11) is 0. The van der Waals surface area contributed by atoms with Gasteiger partial charge in [-0.15, -0.1) is 11.3 Å². The molecule has 98 valence electrons. The molecule has 2 aliphatic rings. The SMILES string of the molecule is CC1CCNC1C(=O)NCc1cc2c(s1)CCC2. The number of amides is 1. The van der Waals surface area contributed by atoms with E-state index in [1.165, 1.54) is 34.6 Å². The van der Waals surface area contributed by atoms with Crippen molar-refractivity contribution in [1.29, 1.82) is 0 Å². The molecule has 0 radical (unpaired) electrons. The molecule has 3 rings (SSSR count). The number of rotatable bonds is 3. The third-order valence-corrected chi connectivity index (χ3v) is 5.29. The van der Waals surface area contributed by atoms with Crippen LogP contribution in [0.4, 0.5) is 0 Å². The molecule has 4 heteroatoms. The van der Waals surface area contributed by atoms with Gasteiger partial charge in [0.1, 0.15) is 0 Å². The first kappa shape index (κ1) is 12.2. The number of hydrogen-bond donors (Lipinski definition) is 2. The largest absolute Gasteiger partial charge is 0.350 e. The third-order valence-electron chi connectivity index (χ3n) is 4.05. The fourth-order valence-corrected chi connectivity index (χ4v) is 4.15. The van der Waals surface area contributed by atoms with Crippen molar-refractivity contribution in [3.8, 4) is 0 Å². The molecule has 1 aromatic heterocycles.